The quantitative estimate of drug-likeness (QED) is 0.275. The minimum Gasteiger partial charge on any atom is -0.459 e. The molecule has 0 amide bonds. The summed E-state index contributed by atoms with van der Waals surface area (Å²) in [7, 11) is 4.22. The molecule has 35 heavy (non-hydrogen) atoms. The summed E-state index contributed by atoms with van der Waals surface area (Å²) in [5.74, 6) is -0.299. The van der Waals surface area contributed by atoms with Crippen molar-refractivity contribution in [2.24, 2.45) is 0 Å². The fourth-order valence-corrected chi connectivity index (χ4v) is 4.94. The molecule has 1 unspecified atom stereocenters. The van der Waals surface area contributed by atoms with Gasteiger partial charge in [-0.05, 0) is 82.7 Å². The van der Waals surface area contributed by atoms with Crippen LogP contribution in [-0.4, -0.2) is 52.1 Å². The van der Waals surface area contributed by atoms with Gasteiger partial charge in [0.05, 0.1) is 34.3 Å². The third-order valence-corrected chi connectivity index (χ3v) is 6.69. The molecule has 2 heterocycles. The Morgan fingerprint density at radius 3 is 2.80 bits per heavy atom. The Bertz CT molecular complexity index is 1250. The Morgan fingerprint density at radius 1 is 1.20 bits per heavy atom. The van der Waals surface area contributed by atoms with E-state index in [-0.39, 0.29) is 18.1 Å². The van der Waals surface area contributed by atoms with Gasteiger partial charge in [0.25, 0.3) is 0 Å². The van der Waals surface area contributed by atoms with Gasteiger partial charge < -0.3 is 19.5 Å². The molecule has 8 heteroatoms. The SMILES string of the molecule is CC(C)OC(=O)c1cccc(CNc2nc3ccc(C(CCCN(C)C)n4ccnc4)cc3s2)c1. The third kappa shape index (κ3) is 6.68. The summed E-state index contributed by atoms with van der Waals surface area (Å²) >= 11 is 1.65. The van der Waals surface area contributed by atoms with E-state index in [0.717, 1.165) is 40.3 Å². The lowest BCUT2D eigenvalue weighted by atomic mass is 10.0. The van der Waals surface area contributed by atoms with E-state index in [0.29, 0.717) is 12.1 Å². The van der Waals surface area contributed by atoms with Crippen LogP contribution in [0.15, 0.2) is 61.2 Å². The summed E-state index contributed by atoms with van der Waals surface area (Å²) < 4.78 is 8.65. The number of fused-ring (bicyclic) bond motifs is 1. The van der Waals surface area contributed by atoms with Crippen LogP contribution in [0.25, 0.3) is 10.2 Å². The number of carbonyl (C=O) groups excluding carboxylic acids is 1. The molecule has 0 spiro atoms. The molecule has 0 saturated heterocycles. The summed E-state index contributed by atoms with van der Waals surface area (Å²) in [5.41, 5.74) is 3.81. The van der Waals surface area contributed by atoms with Gasteiger partial charge >= 0.3 is 5.97 Å². The highest BCUT2D eigenvalue weighted by Gasteiger charge is 2.16. The van der Waals surface area contributed by atoms with Crippen LogP contribution in [0.4, 0.5) is 5.13 Å². The monoisotopic (exact) mass is 491 g/mol. The van der Waals surface area contributed by atoms with E-state index < -0.39 is 0 Å². The van der Waals surface area contributed by atoms with Crippen molar-refractivity contribution in [1.82, 2.24) is 19.4 Å². The van der Waals surface area contributed by atoms with Crippen LogP contribution < -0.4 is 5.32 Å². The summed E-state index contributed by atoms with van der Waals surface area (Å²) in [6, 6.07) is 14.3. The molecule has 0 aliphatic carbocycles. The number of rotatable bonds is 11. The van der Waals surface area contributed by atoms with E-state index in [1.165, 1.54) is 5.56 Å². The van der Waals surface area contributed by atoms with Crippen molar-refractivity contribution in [3.8, 4) is 0 Å². The van der Waals surface area contributed by atoms with E-state index in [1.54, 1.807) is 17.4 Å². The zero-order valence-electron chi connectivity index (χ0n) is 20.8. The fraction of sp³-hybridized carbons (Fsp3) is 0.370. The zero-order chi connectivity index (χ0) is 24.8. The third-order valence-electron chi connectivity index (χ3n) is 5.71. The Balaban J connectivity index is 1.47. The van der Waals surface area contributed by atoms with E-state index in [9.17, 15) is 4.79 Å². The molecule has 2 aromatic heterocycles. The van der Waals surface area contributed by atoms with Crippen LogP contribution in [0.3, 0.4) is 0 Å². The summed E-state index contributed by atoms with van der Waals surface area (Å²) in [6.07, 6.45) is 7.78. The molecule has 4 aromatic rings. The first-order chi connectivity index (χ1) is 16.9. The van der Waals surface area contributed by atoms with Crippen molar-refractivity contribution in [3.63, 3.8) is 0 Å². The second-order valence-electron chi connectivity index (χ2n) is 9.23. The van der Waals surface area contributed by atoms with Crippen molar-refractivity contribution in [1.29, 1.82) is 0 Å². The number of imidazole rings is 1. The predicted molar refractivity (Wildman–Crippen MR) is 142 cm³/mol. The van der Waals surface area contributed by atoms with E-state index in [2.05, 4.69) is 52.1 Å². The van der Waals surface area contributed by atoms with Gasteiger partial charge in [0.15, 0.2) is 5.13 Å². The van der Waals surface area contributed by atoms with Crippen LogP contribution in [0.2, 0.25) is 0 Å². The molecular formula is C27H33N5O2S. The minimum absolute atomic E-state index is 0.140. The number of nitrogens with zero attached hydrogens (tertiary/aromatic N) is 4. The van der Waals surface area contributed by atoms with Crippen LogP contribution in [0.5, 0.6) is 0 Å². The molecule has 0 fully saturated rings. The van der Waals surface area contributed by atoms with Crippen LogP contribution in [0, 0.1) is 0 Å². The Morgan fingerprint density at radius 2 is 2.06 bits per heavy atom. The maximum Gasteiger partial charge on any atom is 0.338 e. The molecule has 0 aliphatic rings. The number of nitrogens with one attached hydrogen (secondary N) is 1. The molecule has 0 saturated carbocycles. The number of thiazole rings is 1. The molecule has 1 atom stereocenters. The highest BCUT2D eigenvalue weighted by Crippen LogP contribution is 2.31. The Kier molecular flexibility index (Phi) is 8.15. The first-order valence-corrected chi connectivity index (χ1v) is 12.8. The molecule has 0 bridgehead atoms. The molecule has 4 rings (SSSR count). The van der Waals surface area contributed by atoms with Gasteiger partial charge in [-0.3, -0.25) is 0 Å². The van der Waals surface area contributed by atoms with Gasteiger partial charge in [-0.15, -0.1) is 0 Å². The van der Waals surface area contributed by atoms with Crippen LogP contribution in [-0.2, 0) is 11.3 Å². The average molecular weight is 492 g/mol. The number of aromatic nitrogens is 3. The molecule has 7 nitrogen and oxygen atoms in total. The largest absolute Gasteiger partial charge is 0.459 e. The molecule has 1 N–H and O–H groups in total. The topological polar surface area (TPSA) is 72.3 Å². The number of benzene rings is 2. The standard InChI is InChI=1S/C27H33N5O2S/c1-19(2)34-26(33)22-8-5-7-20(15-22)17-29-27-30-23-11-10-21(16-25(23)35-27)24(9-6-13-31(3)4)32-14-12-28-18-32/h5,7-8,10-12,14-16,18-19,24H,6,9,13,17H2,1-4H3,(H,29,30). The number of carbonyl (C=O) groups is 1. The van der Waals surface area contributed by atoms with Crippen molar-refractivity contribution < 1.29 is 9.53 Å². The maximum absolute atomic E-state index is 12.2. The second kappa shape index (κ2) is 11.5. The molecular weight excluding hydrogens is 458 g/mol. The summed E-state index contributed by atoms with van der Waals surface area (Å²) in [4.78, 5) is 23.5. The number of hydrogen-bond donors (Lipinski definition) is 1. The van der Waals surface area contributed by atoms with Crippen molar-refractivity contribution in [3.05, 3.63) is 77.9 Å². The highest BCUT2D eigenvalue weighted by molar-refractivity contribution is 7.22. The fourth-order valence-electron chi connectivity index (χ4n) is 4.03. The zero-order valence-corrected chi connectivity index (χ0v) is 21.6. The van der Waals surface area contributed by atoms with Crippen molar-refractivity contribution in [2.45, 2.75) is 45.4 Å². The van der Waals surface area contributed by atoms with E-state index in [1.807, 2.05) is 50.8 Å². The first-order valence-electron chi connectivity index (χ1n) is 12.0. The molecule has 0 radical (unpaired) electrons. The van der Waals surface area contributed by atoms with Gasteiger partial charge in [-0.25, -0.2) is 14.8 Å². The number of ether oxygens (including phenoxy) is 1. The number of hydrogen-bond acceptors (Lipinski definition) is 7. The highest BCUT2D eigenvalue weighted by atomic mass is 32.1. The lowest BCUT2D eigenvalue weighted by Gasteiger charge is -2.20. The average Bonchev–Trinajstić information content (AvgIpc) is 3.49. The molecule has 184 valence electrons. The van der Waals surface area contributed by atoms with Gasteiger partial charge in [-0.1, -0.05) is 29.5 Å². The number of esters is 1. The molecule has 2 aromatic carbocycles. The van der Waals surface area contributed by atoms with Gasteiger partial charge in [0, 0.05) is 18.9 Å². The van der Waals surface area contributed by atoms with Gasteiger partial charge in [0.1, 0.15) is 0 Å². The molecule has 0 aliphatic heterocycles. The lowest BCUT2D eigenvalue weighted by molar-refractivity contribution is 0.0378. The second-order valence-corrected chi connectivity index (χ2v) is 10.3. The predicted octanol–water partition coefficient (Wildman–Crippen LogP) is 5.60. The van der Waals surface area contributed by atoms with Crippen LogP contribution >= 0.6 is 11.3 Å². The Hall–Kier alpha value is -3.23. The van der Waals surface area contributed by atoms with Crippen molar-refractivity contribution >= 4 is 32.7 Å². The van der Waals surface area contributed by atoms with Gasteiger partial charge in [-0.2, -0.15) is 0 Å². The number of anilines is 1. The smallest absolute Gasteiger partial charge is 0.338 e. The first kappa shape index (κ1) is 24.9. The maximum atomic E-state index is 12.2. The van der Waals surface area contributed by atoms with E-state index in [4.69, 9.17) is 9.72 Å². The normalized spacial score (nSPS) is 12.4. The minimum atomic E-state index is -0.299. The Labute approximate surface area is 210 Å². The van der Waals surface area contributed by atoms with E-state index >= 15 is 0 Å². The summed E-state index contributed by atoms with van der Waals surface area (Å²) in [6.45, 7) is 5.34. The van der Waals surface area contributed by atoms with Gasteiger partial charge in [0.2, 0.25) is 0 Å². The van der Waals surface area contributed by atoms with Crippen molar-refractivity contribution in [2.75, 3.05) is 26.0 Å². The lowest BCUT2D eigenvalue weighted by Crippen LogP contribution is -2.16. The summed E-state index contributed by atoms with van der Waals surface area (Å²) in [5, 5.41) is 4.28. The van der Waals surface area contributed by atoms with Crippen LogP contribution in [0.1, 0.15) is 54.2 Å².